The number of carboxylic acid groups (broad SMARTS) is 1. The van der Waals surface area contributed by atoms with Crippen molar-refractivity contribution in [2.45, 2.75) is 283 Å². The summed E-state index contributed by atoms with van der Waals surface area (Å²) in [6, 6.07) is 0. The van der Waals surface area contributed by atoms with Crippen molar-refractivity contribution in [3.63, 3.8) is 0 Å². The molecule has 0 rings (SSSR count). The lowest BCUT2D eigenvalue weighted by atomic mass is 10.0. The Morgan fingerprint density at radius 2 is 0.722 bits per heavy atom. The first kappa shape index (κ1) is 75.2. The van der Waals surface area contributed by atoms with Gasteiger partial charge in [0.25, 0.3) is 6.29 Å². The van der Waals surface area contributed by atoms with Gasteiger partial charge >= 0.3 is 17.9 Å². The van der Waals surface area contributed by atoms with Crippen LogP contribution in [0.3, 0.4) is 0 Å². The second kappa shape index (κ2) is 60.3. The third-order valence-corrected chi connectivity index (χ3v) is 13.9. The summed E-state index contributed by atoms with van der Waals surface area (Å²) in [6.07, 6.45) is 79.4. The largest absolute Gasteiger partial charge is 0.477 e. The molecule has 79 heavy (non-hydrogen) atoms. The van der Waals surface area contributed by atoms with E-state index in [1.54, 1.807) is 0 Å². The van der Waals surface area contributed by atoms with Crippen LogP contribution in [0.2, 0.25) is 0 Å². The second-order valence-electron chi connectivity index (χ2n) is 22.7. The van der Waals surface area contributed by atoms with Gasteiger partial charge in [0.05, 0.1) is 34.4 Å². The van der Waals surface area contributed by atoms with Crippen molar-refractivity contribution < 1.29 is 42.9 Å². The molecule has 1 N–H and O–H groups in total. The zero-order valence-corrected chi connectivity index (χ0v) is 51.8. The highest BCUT2D eigenvalue weighted by molar-refractivity contribution is 5.71. The molecule has 0 aromatic heterocycles. The number of carbonyl (C=O) groups excluding carboxylic acids is 2. The van der Waals surface area contributed by atoms with Gasteiger partial charge in [-0.25, -0.2) is 4.79 Å². The molecule has 0 saturated heterocycles. The molecule has 0 fully saturated rings. The highest BCUT2D eigenvalue weighted by atomic mass is 16.7. The van der Waals surface area contributed by atoms with E-state index >= 15 is 0 Å². The topological polar surface area (TPSA) is 108 Å². The standard InChI is InChI=1S/C70H121NO8/c1-6-8-10-12-14-16-18-20-21-22-23-24-25-26-27-28-29-30-31-32-33-34-35-36-37-38-39-40-41-42-43-44-45-46-47-49-51-53-55-57-59-61-68(73)79-66(65-78-70(69(74)75)76-63-62-71(3,4)5)64-77-67(72)60-58-56-54-52-50-48-19-17-15-13-11-9-7-2/h8,10,14,16,20-21,23-24,26-27,29-30,32-33,35-36,66,70H,6-7,9,11-13,15,17-19,22,25,28,31,34,37-65H2,1-5H3/p+1/b10-8-,16-14-,21-20-,24-23-,27-26-,30-29-,33-32-,36-35-. The Morgan fingerprint density at radius 1 is 0.392 bits per heavy atom. The van der Waals surface area contributed by atoms with E-state index in [0.717, 1.165) is 89.9 Å². The molecule has 0 aromatic rings. The molecule has 0 amide bonds. The van der Waals surface area contributed by atoms with Gasteiger partial charge in [-0.3, -0.25) is 9.59 Å². The lowest BCUT2D eigenvalue weighted by molar-refractivity contribution is -0.870. The summed E-state index contributed by atoms with van der Waals surface area (Å²) < 4.78 is 22.9. The lowest BCUT2D eigenvalue weighted by Crippen LogP contribution is -2.40. The van der Waals surface area contributed by atoms with Crippen molar-refractivity contribution >= 4 is 17.9 Å². The van der Waals surface area contributed by atoms with Gasteiger partial charge in [-0.05, 0) is 77.0 Å². The number of hydrogen-bond acceptors (Lipinski definition) is 7. The van der Waals surface area contributed by atoms with Crippen LogP contribution in [0.15, 0.2) is 97.2 Å². The molecule has 0 aliphatic carbocycles. The van der Waals surface area contributed by atoms with Gasteiger partial charge in [-0.15, -0.1) is 0 Å². The average Bonchev–Trinajstić information content (AvgIpc) is 3.42. The van der Waals surface area contributed by atoms with Crippen LogP contribution in [0.5, 0.6) is 0 Å². The second-order valence-corrected chi connectivity index (χ2v) is 22.7. The first-order valence-corrected chi connectivity index (χ1v) is 32.4. The van der Waals surface area contributed by atoms with Gasteiger partial charge in [0.2, 0.25) is 0 Å². The Balaban J connectivity index is 4.01. The summed E-state index contributed by atoms with van der Waals surface area (Å²) >= 11 is 0. The van der Waals surface area contributed by atoms with Gasteiger partial charge < -0.3 is 28.5 Å². The van der Waals surface area contributed by atoms with Crippen LogP contribution in [0.4, 0.5) is 0 Å². The number of quaternary nitrogens is 1. The highest BCUT2D eigenvalue weighted by Gasteiger charge is 2.25. The molecule has 454 valence electrons. The van der Waals surface area contributed by atoms with Gasteiger partial charge in [0.15, 0.2) is 6.10 Å². The van der Waals surface area contributed by atoms with E-state index < -0.39 is 24.3 Å². The Kier molecular flexibility index (Phi) is 57.4. The van der Waals surface area contributed by atoms with Crippen molar-refractivity contribution in [2.75, 3.05) is 47.5 Å². The van der Waals surface area contributed by atoms with Gasteiger partial charge in [-0.2, -0.15) is 0 Å². The molecule has 0 heterocycles. The quantitative estimate of drug-likeness (QED) is 0.0211. The number of aliphatic carboxylic acids is 1. The molecule has 2 unspecified atom stereocenters. The number of rotatable bonds is 59. The van der Waals surface area contributed by atoms with Crippen LogP contribution in [-0.4, -0.2) is 87.4 Å². The smallest absolute Gasteiger partial charge is 0.361 e. The van der Waals surface area contributed by atoms with Crippen LogP contribution < -0.4 is 0 Å². The number of ether oxygens (including phenoxy) is 4. The Morgan fingerprint density at radius 3 is 1.08 bits per heavy atom. The van der Waals surface area contributed by atoms with Gasteiger partial charge in [-0.1, -0.05) is 278 Å². The van der Waals surface area contributed by atoms with Crippen molar-refractivity contribution in [3.8, 4) is 0 Å². The fraction of sp³-hybridized carbons (Fsp3) is 0.729. The van der Waals surface area contributed by atoms with Gasteiger partial charge in [0.1, 0.15) is 13.2 Å². The first-order valence-electron chi connectivity index (χ1n) is 32.4. The molecule has 0 saturated carbocycles. The Bertz CT molecular complexity index is 1620. The van der Waals surface area contributed by atoms with Crippen molar-refractivity contribution in [1.82, 2.24) is 0 Å². The maximum absolute atomic E-state index is 12.9. The minimum Gasteiger partial charge on any atom is -0.477 e. The number of allylic oxidation sites excluding steroid dienone is 16. The van der Waals surface area contributed by atoms with Crippen LogP contribution in [0, 0.1) is 0 Å². The molecule has 0 bridgehead atoms. The Hall–Kier alpha value is -3.79. The summed E-state index contributed by atoms with van der Waals surface area (Å²) in [7, 11) is 5.97. The minimum absolute atomic E-state index is 0.181. The van der Waals surface area contributed by atoms with Crippen LogP contribution in [-0.2, 0) is 33.3 Å². The zero-order valence-electron chi connectivity index (χ0n) is 51.8. The normalized spacial score (nSPS) is 13.4. The summed E-state index contributed by atoms with van der Waals surface area (Å²) in [5.74, 6) is -2.00. The number of esters is 2. The fourth-order valence-corrected chi connectivity index (χ4v) is 8.91. The lowest BCUT2D eigenvalue weighted by Gasteiger charge is -2.25. The molecular weight excluding hydrogens is 983 g/mol. The fourth-order valence-electron chi connectivity index (χ4n) is 8.91. The van der Waals surface area contributed by atoms with E-state index in [1.807, 2.05) is 21.1 Å². The predicted octanol–water partition coefficient (Wildman–Crippen LogP) is 19.7. The van der Waals surface area contributed by atoms with E-state index in [0.29, 0.717) is 17.4 Å². The number of likely N-dealkylation sites (N-methyl/N-ethyl adjacent to an activating group) is 1. The Labute approximate surface area is 486 Å². The molecule has 0 aromatic carbocycles. The maximum Gasteiger partial charge on any atom is 0.361 e. The molecule has 9 nitrogen and oxygen atoms in total. The van der Waals surface area contributed by atoms with Crippen LogP contribution in [0.1, 0.15) is 271 Å². The highest BCUT2D eigenvalue weighted by Crippen LogP contribution is 2.17. The van der Waals surface area contributed by atoms with Crippen LogP contribution in [0.25, 0.3) is 0 Å². The minimum atomic E-state index is -1.51. The van der Waals surface area contributed by atoms with Crippen LogP contribution >= 0.6 is 0 Å². The van der Waals surface area contributed by atoms with E-state index in [4.69, 9.17) is 18.9 Å². The summed E-state index contributed by atoms with van der Waals surface area (Å²) in [5.41, 5.74) is 0. The molecule has 0 aliphatic heterocycles. The number of carboxylic acids is 1. The first-order chi connectivity index (χ1) is 38.6. The molecule has 2 atom stereocenters. The van der Waals surface area contributed by atoms with E-state index in [1.165, 1.54) is 154 Å². The maximum atomic E-state index is 12.9. The number of nitrogens with zero attached hydrogens (tertiary/aromatic N) is 1. The number of hydrogen-bond donors (Lipinski definition) is 1. The third kappa shape index (κ3) is 61.7. The molecule has 0 spiro atoms. The predicted molar refractivity (Wildman–Crippen MR) is 336 cm³/mol. The molecule has 0 radical (unpaired) electrons. The van der Waals surface area contributed by atoms with Gasteiger partial charge in [0, 0.05) is 12.8 Å². The summed E-state index contributed by atoms with van der Waals surface area (Å²) in [5, 5.41) is 9.70. The monoisotopic (exact) mass is 1100 g/mol. The van der Waals surface area contributed by atoms with Crippen molar-refractivity contribution in [1.29, 1.82) is 0 Å². The average molecular weight is 1110 g/mol. The molecular formula is C70H122NO8+. The summed E-state index contributed by atoms with van der Waals surface area (Å²) in [4.78, 5) is 37.4. The van der Waals surface area contributed by atoms with E-state index in [-0.39, 0.29) is 32.2 Å². The number of unbranched alkanes of at least 4 members (excludes halogenated alkanes) is 28. The van der Waals surface area contributed by atoms with Crippen molar-refractivity contribution in [2.24, 2.45) is 0 Å². The van der Waals surface area contributed by atoms with Crippen molar-refractivity contribution in [3.05, 3.63) is 97.2 Å². The third-order valence-electron chi connectivity index (χ3n) is 13.9. The zero-order chi connectivity index (χ0) is 57.6. The SMILES string of the molecule is CC/C=C\C/C=C\C/C=C\C/C=C\C/C=C\C/C=C\C/C=C\C/C=C\CCCCCCCCCCCCCCCCCCC(=O)OC(COC(=O)CCCCCCCCCCCCCCC)COC(OCC[N+](C)(C)C)C(=O)O. The molecule has 0 aliphatic rings. The number of carbonyl (C=O) groups is 3. The van der Waals surface area contributed by atoms with E-state index in [2.05, 4.69) is 111 Å². The molecule has 9 heteroatoms. The summed E-state index contributed by atoms with van der Waals surface area (Å²) in [6.45, 7) is 4.78. The van der Waals surface area contributed by atoms with E-state index in [9.17, 15) is 19.5 Å².